The maximum atomic E-state index is 13.0. The maximum absolute atomic E-state index is 13.0. The van der Waals surface area contributed by atoms with E-state index in [1.165, 1.54) is 0 Å². The van der Waals surface area contributed by atoms with Crippen molar-refractivity contribution in [2.45, 2.75) is 0 Å². The third-order valence-corrected chi connectivity index (χ3v) is 2.48. The molecule has 0 saturated carbocycles. The Kier molecular flexibility index (Phi) is 3.10. The van der Waals surface area contributed by atoms with Crippen LogP contribution in [0.1, 0.15) is 10.4 Å². The van der Waals surface area contributed by atoms with Gasteiger partial charge < -0.3 is 5.11 Å². The zero-order valence-corrected chi connectivity index (χ0v) is 8.91. The van der Waals surface area contributed by atoms with E-state index in [4.69, 9.17) is 28.3 Å². The minimum Gasteiger partial charge on any atom is -0.478 e. The predicted molar refractivity (Wildman–Crippen MR) is 48.9 cm³/mol. The van der Waals surface area contributed by atoms with Crippen molar-refractivity contribution < 1.29 is 14.3 Å². The minimum atomic E-state index is -1.38. The van der Waals surface area contributed by atoms with Crippen molar-refractivity contribution in [3.8, 4) is 0 Å². The Hall–Kier alpha value is -0.390. The number of halogens is 4. The van der Waals surface area contributed by atoms with Crippen LogP contribution in [-0.4, -0.2) is 16.1 Å². The first kappa shape index (κ1) is 10.7. The molecular formula is C6HBrCl2FNO2. The molecule has 0 atom stereocenters. The SMILES string of the molecule is O=C(O)c1c(Cl)nc(Cl)c(F)c1Br. The molecule has 1 aromatic rings. The van der Waals surface area contributed by atoms with Crippen molar-refractivity contribution >= 4 is 45.1 Å². The number of hydrogen-bond acceptors (Lipinski definition) is 2. The van der Waals surface area contributed by atoms with Crippen LogP contribution in [0.2, 0.25) is 10.3 Å². The number of aromatic carboxylic acids is 1. The average Bonchev–Trinajstić information content (AvgIpc) is 1.99. The molecule has 0 radical (unpaired) electrons. The third-order valence-electron chi connectivity index (χ3n) is 1.21. The molecule has 1 N–H and O–H groups in total. The van der Waals surface area contributed by atoms with E-state index in [-0.39, 0.29) is 9.63 Å². The van der Waals surface area contributed by atoms with Crippen molar-refractivity contribution in [3.05, 3.63) is 26.2 Å². The molecule has 13 heavy (non-hydrogen) atoms. The maximum Gasteiger partial charge on any atom is 0.340 e. The zero-order valence-electron chi connectivity index (χ0n) is 5.81. The Morgan fingerprint density at radius 3 is 2.46 bits per heavy atom. The first-order valence-corrected chi connectivity index (χ1v) is 4.43. The fourth-order valence-electron chi connectivity index (χ4n) is 0.664. The lowest BCUT2D eigenvalue weighted by Gasteiger charge is -2.03. The van der Waals surface area contributed by atoms with Gasteiger partial charge in [-0.3, -0.25) is 0 Å². The molecule has 1 aromatic heterocycles. The van der Waals surface area contributed by atoms with Gasteiger partial charge >= 0.3 is 5.97 Å². The van der Waals surface area contributed by atoms with Gasteiger partial charge in [0.25, 0.3) is 0 Å². The highest BCUT2D eigenvalue weighted by Crippen LogP contribution is 2.29. The number of nitrogens with zero attached hydrogens (tertiary/aromatic N) is 1. The summed E-state index contributed by atoms with van der Waals surface area (Å²) in [6.07, 6.45) is 0. The molecule has 0 unspecified atom stereocenters. The summed E-state index contributed by atoms with van der Waals surface area (Å²) in [5.41, 5.74) is -0.441. The summed E-state index contributed by atoms with van der Waals surface area (Å²) in [5, 5.41) is 7.77. The van der Waals surface area contributed by atoms with Crippen LogP contribution in [0.5, 0.6) is 0 Å². The van der Waals surface area contributed by atoms with Crippen LogP contribution < -0.4 is 0 Å². The van der Waals surface area contributed by atoms with E-state index < -0.39 is 22.5 Å². The molecule has 0 aliphatic carbocycles. The summed E-state index contributed by atoms with van der Waals surface area (Å²) in [4.78, 5) is 13.8. The van der Waals surface area contributed by atoms with E-state index in [9.17, 15) is 9.18 Å². The summed E-state index contributed by atoms with van der Waals surface area (Å²) >= 11 is 13.4. The van der Waals surface area contributed by atoms with E-state index in [2.05, 4.69) is 20.9 Å². The molecule has 3 nitrogen and oxygen atoms in total. The van der Waals surface area contributed by atoms with Crippen LogP contribution in [0.4, 0.5) is 4.39 Å². The fraction of sp³-hybridized carbons (Fsp3) is 0. The van der Waals surface area contributed by atoms with E-state index in [0.717, 1.165) is 0 Å². The average molecular weight is 289 g/mol. The largest absolute Gasteiger partial charge is 0.478 e. The molecule has 70 valence electrons. The van der Waals surface area contributed by atoms with E-state index in [0.29, 0.717) is 0 Å². The molecule has 1 heterocycles. The summed E-state index contributed by atoms with van der Waals surface area (Å²) in [7, 11) is 0. The Morgan fingerprint density at radius 1 is 1.46 bits per heavy atom. The first-order chi connectivity index (χ1) is 5.95. The van der Waals surface area contributed by atoms with Crippen molar-refractivity contribution in [2.75, 3.05) is 0 Å². The number of pyridine rings is 1. The zero-order chi connectivity index (χ0) is 10.2. The lowest BCUT2D eigenvalue weighted by Crippen LogP contribution is -2.03. The van der Waals surface area contributed by atoms with E-state index in [1.54, 1.807) is 0 Å². The molecule has 0 aliphatic rings. The Morgan fingerprint density at radius 2 is 2.00 bits per heavy atom. The predicted octanol–water partition coefficient (Wildman–Crippen LogP) is 2.99. The number of aromatic nitrogens is 1. The van der Waals surface area contributed by atoms with Crippen molar-refractivity contribution in [3.63, 3.8) is 0 Å². The van der Waals surface area contributed by atoms with Crippen molar-refractivity contribution in [1.82, 2.24) is 4.98 Å². The molecule has 0 fully saturated rings. The number of carboxylic acid groups (broad SMARTS) is 1. The summed E-state index contributed by atoms with van der Waals surface area (Å²) in [6.45, 7) is 0. The molecular weight excluding hydrogens is 288 g/mol. The Bertz CT molecular complexity index is 385. The molecule has 0 aliphatic heterocycles. The highest BCUT2D eigenvalue weighted by atomic mass is 79.9. The smallest absolute Gasteiger partial charge is 0.340 e. The van der Waals surface area contributed by atoms with Gasteiger partial charge in [-0.2, -0.15) is 0 Å². The van der Waals surface area contributed by atoms with Gasteiger partial charge in [-0.15, -0.1) is 0 Å². The highest BCUT2D eigenvalue weighted by Gasteiger charge is 2.20. The number of hydrogen-bond donors (Lipinski definition) is 1. The highest BCUT2D eigenvalue weighted by molar-refractivity contribution is 9.10. The third kappa shape index (κ3) is 1.92. The van der Waals surface area contributed by atoms with Gasteiger partial charge in [-0.25, -0.2) is 14.2 Å². The molecule has 0 saturated heterocycles. The monoisotopic (exact) mass is 287 g/mol. The van der Waals surface area contributed by atoms with Gasteiger partial charge in [0.15, 0.2) is 11.0 Å². The Labute approximate surface area is 90.6 Å². The van der Waals surface area contributed by atoms with E-state index in [1.807, 2.05) is 0 Å². The quantitative estimate of drug-likeness (QED) is 0.808. The minimum absolute atomic E-state index is 0.301. The van der Waals surface area contributed by atoms with Gasteiger partial charge in [-0.1, -0.05) is 23.2 Å². The second-order valence-electron chi connectivity index (χ2n) is 2.00. The van der Waals surface area contributed by atoms with Gasteiger partial charge in [-0.05, 0) is 15.9 Å². The van der Waals surface area contributed by atoms with Crippen LogP contribution in [0.25, 0.3) is 0 Å². The lowest BCUT2D eigenvalue weighted by atomic mass is 10.3. The molecule has 0 amide bonds. The van der Waals surface area contributed by atoms with Crippen LogP contribution in [0, 0.1) is 5.82 Å². The van der Waals surface area contributed by atoms with Crippen LogP contribution in [-0.2, 0) is 0 Å². The molecule has 0 spiro atoms. The van der Waals surface area contributed by atoms with Crippen molar-refractivity contribution in [1.29, 1.82) is 0 Å². The van der Waals surface area contributed by atoms with Gasteiger partial charge in [0.05, 0.1) is 4.47 Å². The Balaban J connectivity index is 3.53. The normalized spacial score (nSPS) is 10.2. The molecule has 0 bridgehead atoms. The number of rotatable bonds is 1. The lowest BCUT2D eigenvalue weighted by molar-refractivity contribution is 0.0695. The van der Waals surface area contributed by atoms with Gasteiger partial charge in [0.2, 0.25) is 0 Å². The number of carboxylic acids is 1. The van der Waals surface area contributed by atoms with Crippen LogP contribution in [0.15, 0.2) is 4.47 Å². The standard InChI is InChI=1S/C6HBrCl2FNO2/c7-2-1(6(12)13)4(8)11-5(9)3(2)10/h(H,12,13). The summed E-state index contributed by atoms with van der Waals surface area (Å²) in [5.74, 6) is -2.32. The van der Waals surface area contributed by atoms with Crippen molar-refractivity contribution in [2.24, 2.45) is 0 Å². The second-order valence-corrected chi connectivity index (χ2v) is 3.51. The van der Waals surface area contributed by atoms with Gasteiger partial charge in [0.1, 0.15) is 10.7 Å². The van der Waals surface area contributed by atoms with E-state index >= 15 is 0 Å². The fourth-order valence-corrected chi connectivity index (χ4v) is 1.92. The van der Waals surface area contributed by atoms with Gasteiger partial charge in [0, 0.05) is 0 Å². The van der Waals surface area contributed by atoms with Crippen LogP contribution >= 0.6 is 39.1 Å². The molecule has 0 aromatic carbocycles. The number of carbonyl (C=O) groups is 1. The summed E-state index contributed by atoms with van der Waals surface area (Å²) < 4.78 is 12.7. The molecule has 7 heteroatoms. The summed E-state index contributed by atoms with van der Waals surface area (Å²) in [6, 6.07) is 0. The first-order valence-electron chi connectivity index (χ1n) is 2.88. The second kappa shape index (κ2) is 3.77. The van der Waals surface area contributed by atoms with Crippen LogP contribution in [0.3, 0.4) is 0 Å². The topological polar surface area (TPSA) is 50.2 Å². The molecule has 1 rings (SSSR count).